The number of aliphatic imine (C=N–C) groups is 1. The predicted octanol–water partition coefficient (Wildman–Crippen LogP) is 1.25. The van der Waals surface area contributed by atoms with E-state index in [0.717, 1.165) is 12.2 Å². The van der Waals surface area contributed by atoms with Crippen molar-refractivity contribution < 1.29 is 9.59 Å². The van der Waals surface area contributed by atoms with Gasteiger partial charge in [-0.1, -0.05) is 11.6 Å². The van der Waals surface area contributed by atoms with E-state index in [-0.39, 0.29) is 49.0 Å². The number of aryl methyl sites for hydroxylation is 1. The number of aromatic nitrogens is 1. The highest BCUT2D eigenvalue weighted by Crippen LogP contribution is 2.14. The Bertz CT molecular complexity index is 632. The molecule has 1 aliphatic heterocycles. The van der Waals surface area contributed by atoms with Crippen LogP contribution in [0.4, 0.5) is 4.79 Å². The van der Waals surface area contributed by atoms with Crippen LogP contribution in [0.25, 0.3) is 0 Å². The number of amides is 3. The molecule has 0 aliphatic carbocycles. The number of halogens is 2. The maximum atomic E-state index is 11.6. The van der Waals surface area contributed by atoms with Gasteiger partial charge in [0.05, 0.1) is 31.2 Å². The fourth-order valence-electron chi connectivity index (χ4n) is 2.45. The zero-order valence-corrected chi connectivity index (χ0v) is 17.7. The number of hydrogen-bond acceptors (Lipinski definition) is 3. The molecule has 25 heavy (non-hydrogen) atoms. The third-order valence-corrected chi connectivity index (χ3v) is 3.90. The zero-order chi connectivity index (χ0) is 17.7. The van der Waals surface area contributed by atoms with Gasteiger partial charge in [-0.3, -0.25) is 14.7 Å². The molecule has 0 aromatic carbocycles. The van der Waals surface area contributed by atoms with Crippen molar-refractivity contribution in [2.45, 2.75) is 13.5 Å². The second-order valence-corrected chi connectivity index (χ2v) is 5.99. The molecule has 1 aliphatic rings. The van der Waals surface area contributed by atoms with Gasteiger partial charge in [-0.2, -0.15) is 0 Å². The summed E-state index contributed by atoms with van der Waals surface area (Å²) in [5.74, 6) is 0.494. The second-order valence-electron chi connectivity index (χ2n) is 5.56. The number of nitrogens with one attached hydrogen (secondary N) is 2. The van der Waals surface area contributed by atoms with Gasteiger partial charge in [-0.15, -0.1) is 24.0 Å². The van der Waals surface area contributed by atoms with Crippen LogP contribution in [0.1, 0.15) is 12.6 Å². The molecule has 0 spiro atoms. The maximum absolute atomic E-state index is 11.6. The van der Waals surface area contributed by atoms with Crippen molar-refractivity contribution in [3.05, 3.63) is 23.0 Å². The molecule has 0 bridgehead atoms. The highest BCUT2D eigenvalue weighted by atomic mass is 127. The van der Waals surface area contributed by atoms with Crippen molar-refractivity contribution in [1.82, 2.24) is 25.0 Å². The monoisotopic (exact) mass is 482 g/mol. The largest absolute Gasteiger partial charge is 0.357 e. The molecule has 1 fully saturated rings. The molecule has 1 saturated heterocycles. The predicted molar refractivity (Wildman–Crippen MR) is 108 cm³/mol. The van der Waals surface area contributed by atoms with E-state index < -0.39 is 0 Å². The summed E-state index contributed by atoms with van der Waals surface area (Å²) < 4.78 is 1.97. The van der Waals surface area contributed by atoms with Gasteiger partial charge in [0, 0.05) is 32.5 Å². The minimum atomic E-state index is -0.355. The minimum Gasteiger partial charge on any atom is -0.357 e. The van der Waals surface area contributed by atoms with Crippen LogP contribution < -0.4 is 10.6 Å². The van der Waals surface area contributed by atoms with Gasteiger partial charge in [0.1, 0.15) is 0 Å². The molecule has 140 valence electrons. The fraction of sp³-hybridized carbons (Fsp3) is 0.533. The maximum Gasteiger partial charge on any atom is 0.324 e. The molecule has 2 rings (SSSR count). The van der Waals surface area contributed by atoms with E-state index in [1.807, 2.05) is 42.7 Å². The number of imide groups is 1. The first-order chi connectivity index (χ1) is 11.4. The molecule has 8 nitrogen and oxygen atoms in total. The summed E-state index contributed by atoms with van der Waals surface area (Å²) in [6, 6.07) is 1.56. The number of carbonyl (C=O) groups is 2. The minimum absolute atomic E-state index is 0. The highest BCUT2D eigenvalue weighted by molar-refractivity contribution is 14.0. The number of guanidine groups is 1. The van der Waals surface area contributed by atoms with Gasteiger partial charge in [0.15, 0.2) is 5.96 Å². The van der Waals surface area contributed by atoms with E-state index >= 15 is 0 Å². The van der Waals surface area contributed by atoms with Crippen molar-refractivity contribution in [2.24, 2.45) is 12.0 Å². The van der Waals surface area contributed by atoms with Crippen LogP contribution >= 0.6 is 35.6 Å². The Balaban J connectivity index is 0.00000312. The standard InChI is InChI=1S/C15H23ClN6O2.HI/c1-4-17-14(18-5-6-22-13(23)8-19-15(22)24)21(3)10-12-7-11(16)9-20(12)2;/h7,9H,4-6,8,10H2,1-3H3,(H,17,18)(H,19,24);1H. The van der Waals surface area contributed by atoms with Crippen LogP contribution in [-0.4, -0.2) is 65.5 Å². The topological polar surface area (TPSA) is 82.0 Å². The first-order valence-corrected chi connectivity index (χ1v) is 8.18. The van der Waals surface area contributed by atoms with Gasteiger partial charge >= 0.3 is 6.03 Å². The number of rotatable bonds is 6. The van der Waals surface area contributed by atoms with E-state index in [2.05, 4.69) is 15.6 Å². The molecule has 1 aromatic heterocycles. The summed E-state index contributed by atoms with van der Waals surface area (Å²) in [4.78, 5) is 30.7. The first kappa shape index (κ1) is 21.6. The number of hydrogen-bond donors (Lipinski definition) is 2. The van der Waals surface area contributed by atoms with Crippen LogP contribution in [0.2, 0.25) is 5.02 Å². The molecule has 2 N–H and O–H groups in total. The zero-order valence-electron chi connectivity index (χ0n) is 14.6. The SMILES string of the molecule is CCNC(=NCCN1C(=O)CNC1=O)N(C)Cc1cc(Cl)cn1C.I. The third kappa shape index (κ3) is 5.77. The van der Waals surface area contributed by atoms with Crippen LogP contribution in [0.15, 0.2) is 17.3 Å². The van der Waals surface area contributed by atoms with Crippen molar-refractivity contribution in [3.63, 3.8) is 0 Å². The lowest BCUT2D eigenvalue weighted by Gasteiger charge is -2.22. The van der Waals surface area contributed by atoms with Gasteiger partial charge in [-0.05, 0) is 13.0 Å². The smallest absolute Gasteiger partial charge is 0.324 e. The van der Waals surface area contributed by atoms with Crippen LogP contribution in [0.5, 0.6) is 0 Å². The molecule has 3 amide bonds. The van der Waals surface area contributed by atoms with Crippen molar-refractivity contribution in [2.75, 3.05) is 33.2 Å². The van der Waals surface area contributed by atoms with Gasteiger partial charge in [-0.25, -0.2) is 4.79 Å². The van der Waals surface area contributed by atoms with Crippen molar-refractivity contribution >= 4 is 53.5 Å². The summed E-state index contributed by atoms with van der Waals surface area (Å²) in [7, 11) is 3.87. The summed E-state index contributed by atoms with van der Waals surface area (Å²) >= 11 is 6.01. The van der Waals surface area contributed by atoms with Gasteiger partial charge in [0.25, 0.3) is 0 Å². The van der Waals surface area contributed by atoms with E-state index in [1.165, 1.54) is 4.90 Å². The summed E-state index contributed by atoms with van der Waals surface area (Å²) in [5.41, 5.74) is 1.06. The lowest BCUT2D eigenvalue weighted by atomic mass is 10.4. The average molecular weight is 483 g/mol. The Labute approximate surface area is 169 Å². The second kappa shape index (κ2) is 9.85. The van der Waals surface area contributed by atoms with E-state index in [4.69, 9.17) is 11.6 Å². The average Bonchev–Trinajstić information content (AvgIpc) is 3.01. The lowest BCUT2D eigenvalue weighted by molar-refractivity contribution is -0.124. The van der Waals surface area contributed by atoms with Crippen LogP contribution in [0, 0.1) is 0 Å². The Morgan fingerprint density at radius 2 is 2.20 bits per heavy atom. The molecular weight excluding hydrogens is 459 g/mol. The fourth-order valence-corrected chi connectivity index (χ4v) is 2.72. The summed E-state index contributed by atoms with van der Waals surface area (Å²) in [6.07, 6.45) is 1.85. The molecule has 0 saturated carbocycles. The molecule has 1 aromatic rings. The first-order valence-electron chi connectivity index (χ1n) is 7.80. The molecule has 0 radical (unpaired) electrons. The number of carbonyl (C=O) groups excluding carboxylic acids is 2. The van der Waals surface area contributed by atoms with Crippen LogP contribution in [-0.2, 0) is 18.4 Å². The van der Waals surface area contributed by atoms with E-state index in [0.29, 0.717) is 24.1 Å². The quantitative estimate of drug-likeness (QED) is 0.277. The van der Waals surface area contributed by atoms with Crippen LogP contribution in [0.3, 0.4) is 0 Å². The van der Waals surface area contributed by atoms with E-state index in [1.54, 1.807) is 0 Å². The molecule has 2 heterocycles. The molecule has 0 atom stereocenters. The number of nitrogens with zero attached hydrogens (tertiary/aromatic N) is 4. The number of urea groups is 1. The Morgan fingerprint density at radius 1 is 1.48 bits per heavy atom. The molecule has 10 heteroatoms. The van der Waals surface area contributed by atoms with E-state index in [9.17, 15) is 9.59 Å². The third-order valence-electron chi connectivity index (χ3n) is 3.69. The van der Waals surface area contributed by atoms with Gasteiger partial charge in [0.2, 0.25) is 5.91 Å². The molecule has 0 unspecified atom stereocenters. The Kier molecular flexibility index (Phi) is 8.50. The van der Waals surface area contributed by atoms with Crippen molar-refractivity contribution in [1.29, 1.82) is 0 Å². The normalized spacial score (nSPS) is 14.4. The Morgan fingerprint density at radius 3 is 2.72 bits per heavy atom. The molecular formula is C15H24ClIN6O2. The van der Waals surface area contributed by atoms with Gasteiger partial charge < -0.3 is 20.1 Å². The highest BCUT2D eigenvalue weighted by Gasteiger charge is 2.27. The lowest BCUT2D eigenvalue weighted by Crippen LogP contribution is -2.40. The summed E-state index contributed by atoms with van der Waals surface area (Å²) in [5, 5.41) is 6.40. The summed E-state index contributed by atoms with van der Waals surface area (Å²) in [6.45, 7) is 4.03. The Hall–Kier alpha value is -1.49. The van der Waals surface area contributed by atoms with Crippen molar-refractivity contribution in [3.8, 4) is 0 Å².